The molecule has 3 heteroatoms. The number of para-hydroxylation sites is 5. The zero-order valence-electron chi connectivity index (χ0n) is 28.9. The molecule has 0 bridgehead atoms. The average Bonchev–Trinajstić information content (AvgIpc) is 3.61. The van der Waals surface area contributed by atoms with Crippen molar-refractivity contribution in [1.82, 2.24) is 0 Å². The van der Waals surface area contributed by atoms with Gasteiger partial charge in [-0.3, -0.25) is 0 Å². The number of nitrogens with zero attached hydrogens (tertiary/aromatic N) is 2. The van der Waals surface area contributed by atoms with Crippen LogP contribution < -0.4 is 9.80 Å². The van der Waals surface area contributed by atoms with E-state index in [0.717, 1.165) is 67.2 Å². The van der Waals surface area contributed by atoms with E-state index < -0.39 is 0 Å². The lowest BCUT2D eigenvalue weighted by Gasteiger charge is -2.27. The Morgan fingerprint density at radius 3 is 1.47 bits per heavy atom. The van der Waals surface area contributed by atoms with Gasteiger partial charge in [0, 0.05) is 33.5 Å². The minimum absolute atomic E-state index is 0.859. The van der Waals surface area contributed by atoms with Crippen molar-refractivity contribution < 1.29 is 4.42 Å². The Balaban J connectivity index is 1.19. The summed E-state index contributed by atoms with van der Waals surface area (Å²) in [5.41, 5.74) is 10.6. The van der Waals surface area contributed by atoms with E-state index in [9.17, 15) is 0 Å². The monoisotopic (exact) mass is 678 g/mol. The lowest BCUT2D eigenvalue weighted by atomic mass is 9.95. The third-order valence-electron chi connectivity index (χ3n) is 10.2. The first-order valence-corrected chi connectivity index (χ1v) is 18.0. The Hall–Kier alpha value is -7.10. The van der Waals surface area contributed by atoms with E-state index in [1.807, 2.05) is 6.07 Å². The number of benzene rings is 9. The van der Waals surface area contributed by atoms with E-state index in [4.69, 9.17) is 4.42 Å². The molecule has 0 aliphatic rings. The van der Waals surface area contributed by atoms with Crippen LogP contribution in [0, 0.1) is 0 Å². The molecule has 10 aromatic rings. The van der Waals surface area contributed by atoms with Gasteiger partial charge < -0.3 is 14.2 Å². The van der Waals surface area contributed by atoms with Crippen LogP contribution in [0.25, 0.3) is 54.6 Å². The third-order valence-corrected chi connectivity index (χ3v) is 10.2. The van der Waals surface area contributed by atoms with Gasteiger partial charge in [0.15, 0.2) is 0 Å². The summed E-state index contributed by atoms with van der Waals surface area (Å²) >= 11 is 0. The molecule has 1 aromatic heterocycles. The Morgan fingerprint density at radius 2 is 0.849 bits per heavy atom. The van der Waals surface area contributed by atoms with Crippen LogP contribution >= 0.6 is 0 Å². The van der Waals surface area contributed by atoms with Crippen LogP contribution in [0.1, 0.15) is 0 Å². The zero-order valence-corrected chi connectivity index (χ0v) is 28.9. The molecule has 0 amide bonds. The number of fused-ring (bicyclic) bond motifs is 6. The van der Waals surface area contributed by atoms with E-state index in [2.05, 4.69) is 210 Å². The molecular weight excluding hydrogens is 645 g/mol. The highest BCUT2D eigenvalue weighted by atomic mass is 16.3. The number of anilines is 6. The van der Waals surface area contributed by atoms with Gasteiger partial charge in [-0.25, -0.2) is 0 Å². The minimum Gasteiger partial charge on any atom is -0.456 e. The maximum absolute atomic E-state index is 6.62. The predicted molar refractivity (Wildman–Crippen MR) is 224 cm³/mol. The maximum atomic E-state index is 6.62. The molecule has 0 atom stereocenters. The van der Waals surface area contributed by atoms with Gasteiger partial charge >= 0.3 is 0 Å². The fourth-order valence-corrected chi connectivity index (χ4v) is 7.80. The van der Waals surface area contributed by atoms with Crippen molar-refractivity contribution in [3.63, 3.8) is 0 Å². The quantitative estimate of drug-likeness (QED) is 0.156. The van der Waals surface area contributed by atoms with Crippen molar-refractivity contribution in [2.75, 3.05) is 9.80 Å². The maximum Gasteiger partial charge on any atom is 0.138 e. The lowest BCUT2D eigenvalue weighted by molar-refractivity contribution is 0.669. The Morgan fingerprint density at radius 1 is 0.302 bits per heavy atom. The summed E-state index contributed by atoms with van der Waals surface area (Å²) in [6, 6.07) is 73.3. The van der Waals surface area contributed by atoms with Crippen LogP contribution in [0.4, 0.5) is 34.1 Å². The van der Waals surface area contributed by atoms with Crippen LogP contribution in [0.5, 0.6) is 0 Å². The van der Waals surface area contributed by atoms with E-state index in [0.29, 0.717) is 0 Å². The average molecular weight is 679 g/mol. The SMILES string of the molecule is c1ccc(N(c2ccccc2)c2cccc3ccc4cc(-c5cc(N(c6ccccc6)c6ccccc6)c6c(c5)oc5ccccc56)ccc4c23)cc1. The van der Waals surface area contributed by atoms with Gasteiger partial charge in [-0.15, -0.1) is 0 Å². The van der Waals surface area contributed by atoms with Gasteiger partial charge in [-0.05, 0) is 106 Å². The molecule has 53 heavy (non-hydrogen) atoms. The van der Waals surface area contributed by atoms with Crippen molar-refractivity contribution in [2.24, 2.45) is 0 Å². The number of rotatable bonds is 7. The first kappa shape index (κ1) is 30.7. The minimum atomic E-state index is 0.859. The second kappa shape index (κ2) is 12.9. The summed E-state index contributed by atoms with van der Waals surface area (Å²) in [4.78, 5) is 4.70. The summed E-state index contributed by atoms with van der Waals surface area (Å²) < 4.78 is 6.62. The lowest BCUT2D eigenvalue weighted by Crippen LogP contribution is -2.10. The molecule has 0 fully saturated rings. The molecule has 0 saturated carbocycles. The van der Waals surface area contributed by atoms with Crippen LogP contribution in [0.15, 0.2) is 211 Å². The Bertz CT molecular complexity index is 2800. The Kier molecular flexibility index (Phi) is 7.47. The smallest absolute Gasteiger partial charge is 0.138 e. The standard InChI is InChI=1S/C50H34N2O/c1-5-17-39(18-6-1)51(40-19-7-2-8-20-40)45-26-15-16-35-28-29-37-32-36(30-31-43(37)49(35)45)38-33-46(50-44-25-13-14-27-47(44)53-48(50)34-38)52(41-21-9-3-10-22-41)42-23-11-4-12-24-42/h1-34H. The summed E-state index contributed by atoms with van der Waals surface area (Å²) in [5.74, 6) is 0. The molecule has 0 unspecified atom stereocenters. The van der Waals surface area contributed by atoms with Crippen LogP contribution in [-0.2, 0) is 0 Å². The van der Waals surface area contributed by atoms with Crippen molar-refractivity contribution in [2.45, 2.75) is 0 Å². The van der Waals surface area contributed by atoms with Gasteiger partial charge in [0.25, 0.3) is 0 Å². The number of furan rings is 1. The van der Waals surface area contributed by atoms with E-state index in [1.54, 1.807) is 0 Å². The molecule has 0 spiro atoms. The highest BCUT2D eigenvalue weighted by Crippen LogP contribution is 2.46. The number of hydrogen-bond acceptors (Lipinski definition) is 3. The van der Waals surface area contributed by atoms with E-state index in [1.165, 1.54) is 21.5 Å². The highest BCUT2D eigenvalue weighted by molar-refractivity contribution is 6.17. The second-order valence-corrected chi connectivity index (χ2v) is 13.4. The van der Waals surface area contributed by atoms with Gasteiger partial charge in [-0.1, -0.05) is 127 Å². The van der Waals surface area contributed by atoms with Crippen LogP contribution in [0.2, 0.25) is 0 Å². The normalized spacial score (nSPS) is 11.4. The largest absolute Gasteiger partial charge is 0.456 e. The van der Waals surface area contributed by atoms with E-state index in [-0.39, 0.29) is 0 Å². The molecule has 9 aromatic carbocycles. The molecule has 0 aliphatic heterocycles. The summed E-state index contributed by atoms with van der Waals surface area (Å²) in [5, 5.41) is 7.00. The molecule has 3 nitrogen and oxygen atoms in total. The van der Waals surface area contributed by atoms with Crippen molar-refractivity contribution in [3.8, 4) is 11.1 Å². The first-order chi connectivity index (χ1) is 26.3. The molecule has 0 saturated heterocycles. The molecule has 0 N–H and O–H groups in total. The summed E-state index contributed by atoms with van der Waals surface area (Å²) in [7, 11) is 0. The van der Waals surface area contributed by atoms with E-state index >= 15 is 0 Å². The second-order valence-electron chi connectivity index (χ2n) is 13.4. The molecule has 10 rings (SSSR count). The first-order valence-electron chi connectivity index (χ1n) is 18.0. The fourth-order valence-electron chi connectivity index (χ4n) is 7.80. The van der Waals surface area contributed by atoms with Crippen LogP contribution in [-0.4, -0.2) is 0 Å². The summed E-state index contributed by atoms with van der Waals surface area (Å²) in [6.45, 7) is 0. The zero-order chi connectivity index (χ0) is 35.1. The highest BCUT2D eigenvalue weighted by Gasteiger charge is 2.22. The topological polar surface area (TPSA) is 19.6 Å². The predicted octanol–water partition coefficient (Wildman–Crippen LogP) is 14.5. The molecule has 0 radical (unpaired) electrons. The van der Waals surface area contributed by atoms with Gasteiger partial charge in [0.1, 0.15) is 11.2 Å². The fraction of sp³-hybridized carbons (Fsp3) is 0. The van der Waals surface area contributed by atoms with Gasteiger partial charge in [0.05, 0.1) is 16.8 Å². The summed E-state index contributed by atoms with van der Waals surface area (Å²) in [6.07, 6.45) is 0. The van der Waals surface area contributed by atoms with Crippen molar-refractivity contribution >= 4 is 77.6 Å². The Labute approximate surface area is 308 Å². The molecule has 0 aliphatic carbocycles. The molecule has 1 heterocycles. The molecular formula is C50H34N2O. The van der Waals surface area contributed by atoms with Crippen LogP contribution in [0.3, 0.4) is 0 Å². The number of hydrogen-bond donors (Lipinski definition) is 0. The van der Waals surface area contributed by atoms with Crippen molar-refractivity contribution in [1.29, 1.82) is 0 Å². The third kappa shape index (κ3) is 5.38. The van der Waals surface area contributed by atoms with Gasteiger partial charge in [0.2, 0.25) is 0 Å². The van der Waals surface area contributed by atoms with Gasteiger partial charge in [-0.2, -0.15) is 0 Å². The molecule has 250 valence electrons. The van der Waals surface area contributed by atoms with Crippen molar-refractivity contribution in [3.05, 3.63) is 206 Å².